The van der Waals surface area contributed by atoms with Crippen molar-refractivity contribution in [3.8, 4) is 0 Å². The Bertz CT molecular complexity index is 861. The van der Waals surface area contributed by atoms with Gasteiger partial charge in [0.2, 0.25) is 15.9 Å². The van der Waals surface area contributed by atoms with Gasteiger partial charge in [-0.2, -0.15) is 4.31 Å². The van der Waals surface area contributed by atoms with Crippen molar-refractivity contribution in [1.29, 1.82) is 0 Å². The molecule has 22 heavy (non-hydrogen) atoms. The Balaban J connectivity index is 2.58. The van der Waals surface area contributed by atoms with Crippen molar-refractivity contribution < 1.29 is 17.6 Å². The molecule has 2 N–H and O–H groups in total. The van der Waals surface area contributed by atoms with Crippen LogP contribution < -0.4 is 11.5 Å². The molecule has 0 spiro atoms. The van der Waals surface area contributed by atoms with Crippen LogP contribution in [0.25, 0.3) is 11.1 Å². The second-order valence-electron chi connectivity index (χ2n) is 4.64. The van der Waals surface area contributed by atoms with Gasteiger partial charge in [-0.15, -0.1) is 0 Å². The average Bonchev–Trinajstić information content (AvgIpc) is 2.75. The predicted octanol–water partition coefficient (Wildman–Crippen LogP) is 0.110. The highest BCUT2D eigenvalue weighted by molar-refractivity contribution is 7.89. The number of fused-ring (bicyclic) bond motifs is 1. The Labute approximate surface area is 127 Å². The molecule has 0 unspecified atom stereocenters. The lowest BCUT2D eigenvalue weighted by Crippen LogP contribution is -2.30. The van der Waals surface area contributed by atoms with Crippen LogP contribution in [0.3, 0.4) is 0 Å². The molecule has 1 heterocycles. The first-order valence-corrected chi connectivity index (χ1v) is 8.17. The maximum atomic E-state index is 12.4. The molecule has 0 radical (unpaired) electrons. The molecule has 0 fully saturated rings. The van der Waals surface area contributed by atoms with E-state index >= 15 is 0 Å². The van der Waals surface area contributed by atoms with Crippen LogP contribution in [0.2, 0.25) is 0 Å². The molecule has 0 atom stereocenters. The van der Waals surface area contributed by atoms with Gasteiger partial charge in [-0.3, -0.25) is 9.36 Å². The van der Waals surface area contributed by atoms with Crippen molar-refractivity contribution in [2.24, 2.45) is 5.73 Å². The van der Waals surface area contributed by atoms with Crippen molar-refractivity contribution in [2.75, 3.05) is 13.1 Å². The van der Waals surface area contributed by atoms with E-state index in [0.717, 1.165) is 4.57 Å². The number of oxazole rings is 1. The van der Waals surface area contributed by atoms with E-state index in [1.165, 1.54) is 22.5 Å². The highest BCUT2D eigenvalue weighted by Crippen LogP contribution is 2.21. The molecule has 9 heteroatoms. The number of sulfonamides is 1. The molecule has 2 rings (SSSR count). The minimum absolute atomic E-state index is 0.0312. The molecule has 8 nitrogen and oxygen atoms in total. The van der Waals surface area contributed by atoms with E-state index < -0.39 is 21.7 Å². The van der Waals surface area contributed by atoms with Crippen molar-refractivity contribution in [2.45, 2.75) is 25.3 Å². The van der Waals surface area contributed by atoms with Crippen LogP contribution >= 0.6 is 0 Å². The summed E-state index contributed by atoms with van der Waals surface area (Å²) in [6.45, 7) is 3.83. The molecule has 0 saturated carbocycles. The third-order valence-corrected chi connectivity index (χ3v) is 5.34. The third kappa shape index (κ3) is 2.77. The fourth-order valence-electron chi connectivity index (χ4n) is 2.23. The summed E-state index contributed by atoms with van der Waals surface area (Å²) in [5.74, 6) is -1.45. The predicted molar refractivity (Wildman–Crippen MR) is 79.8 cm³/mol. The van der Waals surface area contributed by atoms with Gasteiger partial charge < -0.3 is 10.2 Å². The van der Waals surface area contributed by atoms with E-state index in [1.807, 2.05) is 0 Å². The van der Waals surface area contributed by atoms with Gasteiger partial charge in [-0.25, -0.2) is 13.2 Å². The third-order valence-electron chi connectivity index (χ3n) is 3.30. The van der Waals surface area contributed by atoms with Gasteiger partial charge in [0.05, 0.1) is 10.4 Å². The number of primary amides is 1. The highest BCUT2D eigenvalue weighted by Gasteiger charge is 2.23. The van der Waals surface area contributed by atoms with E-state index in [9.17, 15) is 18.0 Å². The topological polar surface area (TPSA) is 116 Å². The highest BCUT2D eigenvalue weighted by atomic mass is 32.2. The number of hydrogen-bond acceptors (Lipinski definition) is 5. The number of benzene rings is 1. The molecule has 1 amide bonds. The van der Waals surface area contributed by atoms with Crippen LogP contribution in [0.5, 0.6) is 0 Å². The van der Waals surface area contributed by atoms with Crippen LogP contribution in [0, 0.1) is 0 Å². The molecule has 0 saturated heterocycles. The maximum Gasteiger partial charge on any atom is 0.420 e. The summed E-state index contributed by atoms with van der Waals surface area (Å²) >= 11 is 0. The van der Waals surface area contributed by atoms with Crippen LogP contribution in [0.1, 0.15) is 13.8 Å². The molecular formula is C13H17N3O5S. The summed E-state index contributed by atoms with van der Waals surface area (Å²) in [7, 11) is -3.65. The first-order chi connectivity index (χ1) is 10.3. The quantitative estimate of drug-likeness (QED) is 0.808. The Hall–Kier alpha value is -2.13. The molecule has 1 aromatic heterocycles. The van der Waals surface area contributed by atoms with Gasteiger partial charge in [0.1, 0.15) is 6.54 Å². The zero-order valence-corrected chi connectivity index (χ0v) is 13.1. The summed E-state index contributed by atoms with van der Waals surface area (Å²) in [4.78, 5) is 22.7. The Morgan fingerprint density at radius 2 is 1.95 bits per heavy atom. The minimum Gasteiger partial charge on any atom is -0.408 e. The second kappa shape index (κ2) is 5.93. The minimum atomic E-state index is -3.65. The van der Waals surface area contributed by atoms with E-state index in [0.29, 0.717) is 18.6 Å². The van der Waals surface area contributed by atoms with Crippen molar-refractivity contribution in [3.05, 3.63) is 28.7 Å². The van der Waals surface area contributed by atoms with Crippen molar-refractivity contribution >= 4 is 27.0 Å². The van der Waals surface area contributed by atoms with E-state index in [4.69, 9.17) is 10.2 Å². The molecule has 0 aliphatic rings. The standard InChI is InChI=1S/C13H17N3O5S/c1-3-15(4-2)22(19,20)9-5-6-10-11(7-9)21-13(18)16(10)8-12(14)17/h5-7H,3-4,8H2,1-2H3,(H2,14,17). The monoisotopic (exact) mass is 327 g/mol. The molecule has 0 bridgehead atoms. The summed E-state index contributed by atoms with van der Waals surface area (Å²) in [5, 5.41) is 0. The van der Waals surface area contributed by atoms with Crippen LogP contribution in [0.15, 0.2) is 32.3 Å². The molecule has 1 aromatic carbocycles. The first-order valence-electron chi connectivity index (χ1n) is 6.73. The molecule has 120 valence electrons. The van der Waals surface area contributed by atoms with E-state index in [-0.39, 0.29) is 17.0 Å². The molecule has 2 aromatic rings. The van der Waals surface area contributed by atoms with Gasteiger partial charge >= 0.3 is 5.76 Å². The Morgan fingerprint density at radius 1 is 1.32 bits per heavy atom. The van der Waals surface area contributed by atoms with Gasteiger partial charge in [-0.1, -0.05) is 13.8 Å². The fourth-order valence-corrected chi connectivity index (χ4v) is 3.70. The van der Waals surface area contributed by atoms with Crippen LogP contribution in [0.4, 0.5) is 0 Å². The van der Waals surface area contributed by atoms with Gasteiger partial charge in [0, 0.05) is 19.2 Å². The smallest absolute Gasteiger partial charge is 0.408 e. The number of carbonyl (C=O) groups is 1. The molecule has 0 aliphatic heterocycles. The SMILES string of the molecule is CCN(CC)S(=O)(=O)c1ccc2c(c1)oc(=O)n2CC(N)=O. The lowest BCUT2D eigenvalue weighted by molar-refractivity contribution is -0.118. The number of nitrogens with two attached hydrogens (primary N) is 1. The fraction of sp³-hybridized carbons (Fsp3) is 0.385. The van der Waals surface area contributed by atoms with Crippen LogP contribution in [-0.2, 0) is 21.4 Å². The zero-order valence-electron chi connectivity index (χ0n) is 12.3. The van der Waals surface area contributed by atoms with Gasteiger partial charge in [-0.05, 0) is 12.1 Å². The zero-order chi connectivity index (χ0) is 16.5. The van der Waals surface area contributed by atoms with Gasteiger partial charge in [0.15, 0.2) is 5.58 Å². The summed E-state index contributed by atoms with van der Waals surface area (Å²) in [6, 6.07) is 4.09. The van der Waals surface area contributed by atoms with Crippen LogP contribution in [-0.4, -0.2) is 36.3 Å². The van der Waals surface area contributed by atoms with Gasteiger partial charge in [0.25, 0.3) is 0 Å². The van der Waals surface area contributed by atoms with E-state index in [2.05, 4.69) is 0 Å². The summed E-state index contributed by atoms with van der Waals surface area (Å²) in [5.41, 5.74) is 5.49. The number of nitrogens with zero attached hydrogens (tertiary/aromatic N) is 2. The number of amides is 1. The largest absolute Gasteiger partial charge is 0.420 e. The number of carbonyl (C=O) groups excluding carboxylic acids is 1. The molecular weight excluding hydrogens is 310 g/mol. The lowest BCUT2D eigenvalue weighted by atomic mass is 10.3. The summed E-state index contributed by atoms with van der Waals surface area (Å²) < 4.78 is 32.2. The Kier molecular flexibility index (Phi) is 4.38. The normalized spacial score (nSPS) is 12.1. The number of hydrogen-bond donors (Lipinski definition) is 1. The number of aromatic nitrogens is 1. The average molecular weight is 327 g/mol. The first kappa shape index (κ1) is 16.2. The number of rotatable bonds is 6. The maximum absolute atomic E-state index is 12.4. The van der Waals surface area contributed by atoms with Crippen molar-refractivity contribution in [1.82, 2.24) is 8.87 Å². The second-order valence-corrected chi connectivity index (χ2v) is 6.58. The molecule has 0 aliphatic carbocycles. The van der Waals surface area contributed by atoms with E-state index in [1.54, 1.807) is 13.8 Å². The summed E-state index contributed by atoms with van der Waals surface area (Å²) in [6.07, 6.45) is 0. The van der Waals surface area contributed by atoms with Crippen molar-refractivity contribution in [3.63, 3.8) is 0 Å². The Morgan fingerprint density at radius 3 is 2.50 bits per heavy atom. The lowest BCUT2D eigenvalue weighted by Gasteiger charge is -2.18.